The molecule has 0 spiro atoms. The molecule has 0 aliphatic heterocycles. The van der Waals surface area contributed by atoms with Gasteiger partial charge in [0.2, 0.25) is 0 Å². The Morgan fingerprint density at radius 3 is 2.00 bits per heavy atom. The fourth-order valence-electron chi connectivity index (χ4n) is 2.52. The van der Waals surface area contributed by atoms with E-state index in [1.807, 2.05) is 0 Å². The standard InChI is InChI=1S/C18H31N3O3S2.Na/c1-2-3-4-5-6-7-8-9-10-15-19-18(25)21-20-16-11-13-17(14-12-16)26(22,23)24;/h11-14,20H,2-10,15H2,1H3,(H2,19,21,25)(H,22,23,24);/q;+1/p-1. The van der Waals surface area contributed by atoms with Gasteiger partial charge in [0.15, 0.2) is 5.11 Å². The van der Waals surface area contributed by atoms with Crippen LogP contribution < -0.4 is 45.7 Å². The zero-order chi connectivity index (χ0) is 19.3. The van der Waals surface area contributed by atoms with Crippen LogP contribution in [0.2, 0.25) is 0 Å². The molecule has 0 saturated carbocycles. The molecule has 0 bridgehead atoms. The summed E-state index contributed by atoms with van der Waals surface area (Å²) >= 11 is 5.17. The molecule has 9 heteroatoms. The van der Waals surface area contributed by atoms with Crippen LogP contribution in [-0.2, 0) is 10.1 Å². The molecule has 0 aliphatic carbocycles. The average molecular weight is 424 g/mol. The van der Waals surface area contributed by atoms with E-state index in [9.17, 15) is 13.0 Å². The third kappa shape index (κ3) is 13.4. The molecule has 1 aromatic rings. The second kappa shape index (κ2) is 15.5. The van der Waals surface area contributed by atoms with Gasteiger partial charge in [0.05, 0.1) is 10.6 Å². The second-order valence-electron chi connectivity index (χ2n) is 6.31. The average Bonchev–Trinajstić information content (AvgIpc) is 2.61. The molecule has 0 aliphatic rings. The first-order valence-electron chi connectivity index (χ1n) is 9.29. The van der Waals surface area contributed by atoms with E-state index in [-0.39, 0.29) is 34.5 Å². The van der Waals surface area contributed by atoms with Crippen LogP contribution in [0.25, 0.3) is 0 Å². The Balaban J connectivity index is 0.00000676. The summed E-state index contributed by atoms with van der Waals surface area (Å²) < 4.78 is 32.6. The van der Waals surface area contributed by atoms with Gasteiger partial charge in [0.1, 0.15) is 10.1 Å². The molecule has 0 unspecified atom stereocenters. The van der Waals surface area contributed by atoms with E-state index in [4.69, 9.17) is 12.2 Å². The van der Waals surface area contributed by atoms with E-state index >= 15 is 0 Å². The molecule has 0 aromatic heterocycles. The summed E-state index contributed by atoms with van der Waals surface area (Å²) in [6.45, 7) is 3.05. The monoisotopic (exact) mass is 423 g/mol. The summed E-state index contributed by atoms with van der Waals surface area (Å²) in [4.78, 5) is -0.255. The number of hydrogen-bond donors (Lipinski definition) is 3. The third-order valence-corrected chi connectivity index (χ3v) is 5.13. The molecule has 1 aromatic carbocycles. The summed E-state index contributed by atoms with van der Waals surface area (Å²) in [7, 11) is -4.42. The number of thiocarbonyl (C=S) groups is 1. The number of rotatable bonds is 13. The van der Waals surface area contributed by atoms with Gasteiger partial charge < -0.3 is 9.87 Å². The largest absolute Gasteiger partial charge is 1.00 e. The summed E-state index contributed by atoms with van der Waals surface area (Å²) in [5.74, 6) is 0. The predicted octanol–water partition coefficient (Wildman–Crippen LogP) is 0.917. The van der Waals surface area contributed by atoms with Crippen molar-refractivity contribution in [1.82, 2.24) is 10.7 Å². The number of unbranched alkanes of at least 4 members (excludes halogenated alkanes) is 8. The minimum atomic E-state index is -4.42. The molecule has 148 valence electrons. The van der Waals surface area contributed by atoms with Gasteiger partial charge in [-0.05, 0) is 42.9 Å². The zero-order valence-corrected chi connectivity index (χ0v) is 20.1. The quantitative estimate of drug-likeness (QED) is 0.143. The fourth-order valence-corrected chi connectivity index (χ4v) is 3.14. The molecule has 0 fully saturated rings. The van der Waals surface area contributed by atoms with Gasteiger partial charge in [-0.15, -0.1) is 0 Å². The minimum absolute atomic E-state index is 0. The maximum absolute atomic E-state index is 10.9. The third-order valence-electron chi connectivity index (χ3n) is 4.03. The van der Waals surface area contributed by atoms with Gasteiger partial charge >= 0.3 is 29.6 Å². The molecule has 1 rings (SSSR count). The van der Waals surface area contributed by atoms with Crippen LogP contribution in [0, 0.1) is 0 Å². The Hall–Kier alpha value is -0.380. The van der Waals surface area contributed by atoms with E-state index < -0.39 is 10.1 Å². The Labute approximate surface area is 191 Å². The van der Waals surface area contributed by atoms with E-state index in [1.54, 1.807) is 0 Å². The first-order valence-corrected chi connectivity index (χ1v) is 11.1. The first kappa shape index (κ1) is 26.6. The number of anilines is 1. The van der Waals surface area contributed by atoms with Gasteiger partial charge in [-0.25, -0.2) is 8.42 Å². The van der Waals surface area contributed by atoms with E-state index in [2.05, 4.69) is 23.1 Å². The molecule has 0 amide bonds. The maximum atomic E-state index is 10.9. The Bertz CT molecular complexity index is 625. The molecular formula is C18H30N3NaO3S2. The van der Waals surface area contributed by atoms with E-state index in [1.165, 1.54) is 75.6 Å². The molecule has 27 heavy (non-hydrogen) atoms. The van der Waals surface area contributed by atoms with Crippen LogP contribution in [0.4, 0.5) is 5.69 Å². The van der Waals surface area contributed by atoms with Crippen LogP contribution in [-0.4, -0.2) is 24.6 Å². The van der Waals surface area contributed by atoms with E-state index in [0.717, 1.165) is 13.0 Å². The summed E-state index contributed by atoms with van der Waals surface area (Å²) in [5, 5.41) is 3.60. The van der Waals surface area contributed by atoms with Crippen molar-refractivity contribution in [3.63, 3.8) is 0 Å². The van der Waals surface area contributed by atoms with Gasteiger partial charge in [0, 0.05) is 6.54 Å². The maximum Gasteiger partial charge on any atom is 1.00 e. The number of nitrogens with one attached hydrogen (secondary N) is 3. The van der Waals surface area contributed by atoms with Crippen molar-refractivity contribution >= 4 is 33.1 Å². The summed E-state index contributed by atoms with van der Waals surface area (Å²) in [5.41, 5.74) is 6.30. The molecule has 0 atom stereocenters. The number of hydrogen-bond acceptors (Lipinski definition) is 5. The summed E-state index contributed by atoms with van der Waals surface area (Å²) in [6.07, 6.45) is 11.5. The zero-order valence-electron chi connectivity index (χ0n) is 16.4. The van der Waals surface area contributed by atoms with Crippen LogP contribution in [0.3, 0.4) is 0 Å². The Morgan fingerprint density at radius 1 is 0.963 bits per heavy atom. The molecule has 0 heterocycles. The molecular weight excluding hydrogens is 393 g/mol. The Morgan fingerprint density at radius 2 is 1.48 bits per heavy atom. The molecule has 0 saturated heterocycles. The molecule has 3 N–H and O–H groups in total. The van der Waals surface area contributed by atoms with Crippen molar-refractivity contribution in [1.29, 1.82) is 0 Å². The van der Waals surface area contributed by atoms with Gasteiger partial charge in [0.25, 0.3) is 0 Å². The van der Waals surface area contributed by atoms with Gasteiger partial charge in [-0.1, -0.05) is 58.3 Å². The van der Waals surface area contributed by atoms with Gasteiger partial charge in [-0.3, -0.25) is 10.9 Å². The van der Waals surface area contributed by atoms with E-state index in [0.29, 0.717) is 10.8 Å². The smallest absolute Gasteiger partial charge is 0.744 e. The van der Waals surface area contributed by atoms with Crippen LogP contribution in [0.5, 0.6) is 0 Å². The van der Waals surface area contributed by atoms with Crippen LogP contribution in [0.1, 0.15) is 64.7 Å². The van der Waals surface area contributed by atoms with Crippen molar-refractivity contribution in [3.8, 4) is 0 Å². The van der Waals surface area contributed by atoms with Crippen LogP contribution >= 0.6 is 12.2 Å². The predicted molar refractivity (Wildman–Crippen MR) is 109 cm³/mol. The summed E-state index contributed by atoms with van der Waals surface area (Å²) in [6, 6.07) is 5.51. The van der Waals surface area contributed by atoms with Crippen molar-refractivity contribution < 1.29 is 42.5 Å². The topological polar surface area (TPSA) is 93.3 Å². The SMILES string of the molecule is CCCCCCCCCCCNC(=S)NNc1ccc(S(=O)(=O)[O-])cc1.[Na+]. The van der Waals surface area contributed by atoms with Crippen LogP contribution in [0.15, 0.2) is 29.2 Å². The normalized spacial score (nSPS) is 10.7. The van der Waals surface area contributed by atoms with Crippen molar-refractivity contribution in [3.05, 3.63) is 24.3 Å². The fraction of sp³-hybridized carbons (Fsp3) is 0.611. The van der Waals surface area contributed by atoms with Crippen molar-refractivity contribution in [2.45, 2.75) is 69.6 Å². The Kier molecular flexibility index (Phi) is 15.3. The molecule has 6 nitrogen and oxygen atoms in total. The van der Waals surface area contributed by atoms with Crippen molar-refractivity contribution in [2.75, 3.05) is 12.0 Å². The first-order chi connectivity index (χ1) is 12.4. The van der Waals surface area contributed by atoms with Crippen molar-refractivity contribution in [2.24, 2.45) is 0 Å². The molecule has 0 radical (unpaired) electrons. The second-order valence-corrected chi connectivity index (χ2v) is 8.10. The number of benzene rings is 1. The number of hydrazine groups is 1. The minimum Gasteiger partial charge on any atom is -0.744 e. The van der Waals surface area contributed by atoms with Gasteiger partial charge in [-0.2, -0.15) is 0 Å².